The van der Waals surface area contributed by atoms with Gasteiger partial charge in [-0.2, -0.15) is 0 Å². The van der Waals surface area contributed by atoms with Crippen molar-refractivity contribution in [3.63, 3.8) is 0 Å². The Morgan fingerprint density at radius 3 is 1.33 bits per heavy atom. The molecular weight excluding hydrogens is 192 g/mol. The molecule has 0 heterocycles. The van der Waals surface area contributed by atoms with Crippen molar-refractivity contribution in [2.24, 2.45) is 0 Å². The van der Waals surface area contributed by atoms with Crippen molar-refractivity contribution in [1.29, 1.82) is 0 Å². The van der Waals surface area contributed by atoms with E-state index >= 15 is 0 Å². The summed E-state index contributed by atoms with van der Waals surface area (Å²) in [5.41, 5.74) is 0. The Morgan fingerprint density at radius 2 is 1.17 bits per heavy atom. The maximum Gasteiger partial charge on any atom is 0.247 e. The molecule has 12 heavy (non-hydrogen) atoms. The first-order valence-corrected chi connectivity index (χ1v) is 4.16. The van der Waals surface area contributed by atoms with Crippen LogP contribution in [0, 0.1) is 0 Å². The van der Waals surface area contributed by atoms with Crippen molar-refractivity contribution >= 4 is 40.2 Å². The third-order valence-corrected chi connectivity index (χ3v) is 2.30. The lowest BCUT2D eigenvalue weighted by Crippen LogP contribution is -2.38. The molecule has 0 spiro atoms. The van der Waals surface area contributed by atoms with Crippen LogP contribution in [0.3, 0.4) is 0 Å². The number of thiocarbonyl (C=S) groups is 2. The molecule has 0 aromatic carbocycles. The first kappa shape index (κ1) is 11.4. The third kappa shape index (κ3) is 2.83. The zero-order valence-electron chi connectivity index (χ0n) is 7.62. The van der Waals surface area contributed by atoms with Gasteiger partial charge < -0.3 is 9.80 Å². The van der Waals surface area contributed by atoms with Crippen LogP contribution in [0.2, 0.25) is 0 Å². The molecule has 5 heteroatoms. The van der Waals surface area contributed by atoms with Gasteiger partial charge in [-0.1, -0.05) is 24.4 Å². The van der Waals surface area contributed by atoms with Crippen molar-refractivity contribution in [3.05, 3.63) is 0 Å². The van der Waals surface area contributed by atoms with E-state index in [-0.39, 0.29) is 15.8 Å². The average molecular weight is 204 g/mol. The van der Waals surface area contributed by atoms with Crippen molar-refractivity contribution in [3.8, 4) is 0 Å². The minimum absolute atomic E-state index is 0.244. The molecular formula is C7H12N2OS2. The molecule has 0 aliphatic rings. The summed E-state index contributed by atoms with van der Waals surface area (Å²) in [6.45, 7) is 0. The Morgan fingerprint density at radius 1 is 0.917 bits per heavy atom. The van der Waals surface area contributed by atoms with E-state index in [1.807, 2.05) is 0 Å². The van der Waals surface area contributed by atoms with Gasteiger partial charge in [0.15, 0.2) is 9.98 Å². The van der Waals surface area contributed by atoms with Crippen LogP contribution >= 0.6 is 24.4 Å². The summed E-state index contributed by atoms with van der Waals surface area (Å²) in [6.07, 6.45) is 0. The van der Waals surface area contributed by atoms with E-state index in [1.165, 1.54) is 0 Å². The number of hydrogen-bond donors (Lipinski definition) is 0. The van der Waals surface area contributed by atoms with Gasteiger partial charge in [-0.05, 0) is 0 Å². The highest BCUT2D eigenvalue weighted by molar-refractivity contribution is 7.85. The van der Waals surface area contributed by atoms with Gasteiger partial charge in [-0.15, -0.1) is 0 Å². The van der Waals surface area contributed by atoms with Gasteiger partial charge in [0, 0.05) is 28.2 Å². The molecule has 0 aliphatic carbocycles. The highest BCUT2D eigenvalue weighted by atomic mass is 32.1. The first-order chi connectivity index (χ1) is 5.37. The second-order valence-corrected chi connectivity index (χ2v) is 3.50. The van der Waals surface area contributed by atoms with E-state index in [4.69, 9.17) is 24.4 Å². The Labute approximate surface area is 83.3 Å². The zero-order valence-corrected chi connectivity index (χ0v) is 9.25. The number of Topliss-reactive ketones (excluding diaryl/α,β-unsaturated/α-hetero) is 1. The predicted octanol–water partition coefficient (Wildman–Crippen LogP) is 0.334. The molecule has 0 aliphatic heterocycles. The normalized spacial score (nSPS) is 9.00. The molecule has 0 rings (SSSR count). The number of hydrogen-bond acceptors (Lipinski definition) is 3. The summed E-state index contributed by atoms with van der Waals surface area (Å²) in [5.74, 6) is -0.269. The second kappa shape index (κ2) is 4.47. The van der Waals surface area contributed by atoms with E-state index in [0.29, 0.717) is 0 Å². The highest BCUT2D eigenvalue weighted by Gasteiger charge is 2.17. The van der Waals surface area contributed by atoms with Crippen LogP contribution in [0.25, 0.3) is 0 Å². The van der Waals surface area contributed by atoms with Gasteiger partial charge in [0.25, 0.3) is 0 Å². The van der Waals surface area contributed by atoms with E-state index in [1.54, 1.807) is 38.0 Å². The molecule has 3 nitrogen and oxygen atoms in total. The molecule has 0 fully saturated rings. The molecule has 68 valence electrons. The van der Waals surface area contributed by atoms with Crippen LogP contribution in [-0.2, 0) is 4.79 Å². The van der Waals surface area contributed by atoms with Gasteiger partial charge in [0.1, 0.15) is 0 Å². The third-order valence-electron chi connectivity index (χ3n) is 1.20. The van der Waals surface area contributed by atoms with Crippen LogP contribution in [0.5, 0.6) is 0 Å². The van der Waals surface area contributed by atoms with Crippen molar-refractivity contribution in [2.45, 2.75) is 0 Å². The SMILES string of the molecule is CN(C)C(=S)C(=O)C(=S)N(C)C. The lowest BCUT2D eigenvalue weighted by atomic mass is 10.3. The fraction of sp³-hybridized carbons (Fsp3) is 0.571. The van der Waals surface area contributed by atoms with E-state index in [9.17, 15) is 4.79 Å². The average Bonchev–Trinajstić information content (AvgIpc) is 2.00. The van der Waals surface area contributed by atoms with Crippen LogP contribution < -0.4 is 0 Å². The molecule has 0 radical (unpaired) electrons. The van der Waals surface area contributed by atoms with Crippen LogP contribution in [-0.4, -0.2) is 53.8 Å². The maximum atomic E-state index is 11.4. The molecule has 0 N–H and O–H groups in total. The smallest absolute Gasteiger partial charge is 0.247 e. The molecule has 0 aromatic rings. The fourth-order valence-electron chi connectivity index (χ4n) is 0.498. The fourth-order valence-corrected chi connectivity index (χ4v) is 0.756. The standard InChI is InChI=1S/C7H12N2OS2/c1-8(2)6(11)5(10)7(12)9(3)4/h1-4H3. The minimum Gasteiger partial charge on any atom is -0.366 e. The first-order valence-electron chi connectivity index (χ1n) is 3.35. The summed E-state index contributed by atoms with van der Waals surface area (Å²) in [6, 6.07) is 0. The number of nitrogens with zero attached hydrogens (tertiary/aromatic N) is 2. The largest absolute Gasteiger partial charge is 0.366 e. The number of carbonyl (C=O) groups excluding carboxylic acids is 1. The quantitative estimate of drug-likeness (QED) is 0.603. The summed E-state index contributed by atoms with van der Waals surface area (Å²) in [4.78, 5) is 15.0. The number of likely N-dealkylation sites (N-methyl/N-ethyl adjacent to an activating group) is 2. The van der Waals surface area contributed by atoms with Gasteiger partial charge in [0.2, 0.25) is 5.78 Å². The Bertz CT molecular complexity index is 201. The van der Waals surface area contributed by atoms with Crippen LogP contribution in [0.15, 0.2) is 0 Å². The summed E-state index contributed by atoms with van der Waals surface area (Å²) in [5, 5.41) is 0. The summed E-state index contributed by atoms with van der Waals surface area (Å²) < 4.78 is 0. The molecule has 0 bridgehead atoms. The lowest BCUT2D eigenvalue weighted by Gasteiger charge is -2.16. The lowest BCUT2D eigenvalue weighted by molar-refractivity contribution is -0.108. The molecule has 0 aromatic heterocycles. The molecule has 0 saturated heterocycles. The van der Waals surface area contributed by atoms with Crippen LogP contribution in [0.1, 0.15) is 0 Å². The molecule has 0 atom stereocenters. The number of carbonyl (C=O) groups is 1. The molecule has 0 amide bonds. The molecule has 0 unspecified atom stereocenters. The van der Waals surface area contributed by atoms with Gasteiger partial charge >= 0.3 is 0 Å². The van der Waals surface area contributed by atoms with E-state index in [0.717, 1.165) is 0 Å². The number of rotatable bonds is 2. The van der Waals surface area contributed by atoms with Crippen molar-refractivity contribution < 1.29 is 4.79 Å². The van der Waals surface area contributed by atoms with E-state index in [2.05, 4.69) is 0 Å². The van der Waals surface area contributed by atoms with Crippen molar-refractivity contribution in [1.82, 2.24) is 9.80 Å². The maximum absolute atomic E-state index is 11.4. The monoisotopic (exact) mass is 204 g/mol. The topological polar surface area (TPSA) is 23.6 Å². The Balaban J connectivity index is 4.41. The number of ketones is 1. The van der Waals surface area contributed by atoms with Crippen LogP contribution in [0.4, 0.5) is 0 Å². The van der Waals surface area contributed by atoms with E-state index < -0.39 is 0 Å². The summed E-state index contributed by atoms with van der Waals surface area (Å²) >= 11 is 9.72. The Hall–Kier alpha value is -0.550. The second-order valence-electron chi connectivity index (χ2n) is 2.73. The molecule has 0 saturated carbocycles. The summed E-state index contributed by atoms with van der Waals surface area (Å²) in [7, 11) is 6.88. The van der Waals surface area contributed by atoms with Gasteiger partial charge in [-0.3, -0.25) is 4.79 Å². The van der Waals surface area contributed by atoms with Gasteiger partial charge in [-0.25, -0.2) is 0 Å². The van der Waals surface area contributed by atoms with Crippen molar-refractivity contribution in [2.75, 3.05) is 28.2 Å². The Kier molecular flexibility index (Phi) is 4.26. The highest BCUT2D eigenvalue weighted by Crippen LogP contribution is 1.92. The minimum atomic E-state index is -0.269. The van der Waals surface area contributed by atoms with Gasteiger partial charge in [0.05, 0.1) is 0 Å². The predicted molar refractivity (Wildman–Crippen MR) is 57.6 cm³/mol. The zero-order chi connectivity index (χ0) is 9.89.